The SMILES string of the molecule is N=P([O-])(O)OP(=O)([O-])O. The summed E-state index contributed by atoms with van der Waals surface area (Å²) in [6.45, 7) is 0. The van der Waals surface area contributed by atoms with E-state index in [1.165, 1.54) is 0 Å². The van der Waals surface area contributed by atoms with Crippen LogP contribution in [0.5, 0.6) is 0 Å². The smallest absolute Gasteiger partial charge is 0.270 e. The summed E-state index contributed by atoms with van der Waals surface area (Å²) in [4.78, 5) is 34.8. The summed E-state index contributed by atoms with van der Waals surface area (Å²) >= 11 is 0. The lowest BCUT2D eigenvalue weighted by atomic mass is 14.0. The Morgan fingerprint density at radius 1 is 1.44 bits per heavy atom. The molecule has 0 aromatic heterocycles. The van der Waals surface area contributed by atoms with E-state index in [4.69, 9.17) is 14.9 Å². The third-order valence-electron chi connectivity index (χ3n) is 0.214. The van der Waals surface area contributed by atoms with Gasteiger partial charge < -0.3 is 19.6 Å². The third kappa shape index (κ3) is 8.26. The van der Waals surface area contributed by atoms with Gasteiger partial charge in [0.05, 0.1) is 0 Å². The standard InChI is InChI=1S/H4NO6P2/c1-8(2,3)7-9(4,5)6/h(H4-,1,2,3,4,5,6)/q-1/p-1. The van der Waals surface area contributed by atoms with Gasteiger partial charge in [0, 0.05) is 0 Å². The van der Waals surface area contributed by atoms with Gasteiger partial charge in [-0.05, 0) is 0 Å². The van der Waals surface area contributed by atoms with Crippen LogP contribution in [0.3, 0.4) is 0 Å². The van der Waals surface area contributed by atoms with Crippen molar-refractivity contribution in [2.45, 2.75) is 0 Å². The van der Waals surface area contributed by atoms with Crippen molar-refractivity contribution in [2.24, 2.45) is 0 Å². The van der Waals surface area contributed by atoms with Crippen LogP contribution < -0.4 is 9.79 Å². The highest BCUT2D eigenvalue weighted by Gasteiger charge is 2.06. The molecule has 0 heterocycles. The number of rotatable bonds is 2. The number of phosphoric acid groups is 1. The van der Waals surface area contributed by atoms with Crippen molar-refractivity contribution >= 4 is 15.6 Å². The molecule has 9 heteroatoms. The molecule has 0 rings (SSSR count). The van der Waals surface area contributed by atoms with Crippen molar-refractivity contribution in [1.82, 2.24) is 0 Å². The highest BCUT2D eigenvalue weighted by molar-refractivity contribution is 7.59. The van der Waals surface area contributed by atoms with E-state index in [-0.39, 0.29) is 0 Å². The molecule has 0 aliphatic carbocycles. The molecule has 0 aromatic carbocycles. The normalized spacial score (nSPS) is 24.4. The highest BCUT2D eigenvalue weighted by Crippen LogP contribution is 2.48. The van der Waals surface area contributed by atoms with Gasteiger partial charge in [-0.2, -0.15) is 0 Å². The first kappa shape index (κ1) is 9.26. The molecule has 2 atom stereocenters. The molecule has 0 aromatic rings. The fourth-order valence-corrected chi connectivity index (χ4v) is 1.26. The van der Waals surface area contributed by atoms with Gasteiger partial charge in [0.2, 0.25) is 0 Å². The summed E-state index contributed by atoms with van der Waals surface area (Å²) in [6, 6.07) is 0. The predicted molar refractivity (Wildman–Crippen MR) is 22.8 cm³/mol. The van der Waals surface area contributed by atoms with Crippen molar-refractivity contribution in [1.29, 1.82) is 5.16 Å². The van der Waals surface area contributed by atoms with Gasteiger partial charge in [-0.1, -0.05) is 0 Å². The van der Waals surface area contributed by atoms with Crippen LogP contribution in [0, 0.1) is 5.16 Å². The quantitative estimate of drug-likeness (QED) is 0.429. The molecule has 0 amide bonds. The van der Waals surface area contributed by atoms with Gasteiger partial charge >= 0.3 is 0 Å². The zero-order valence-electron chi connectivity index (χ0n) is 3.92. The van der Waals surface area contributed by atoms with Gasteiger partial charge in [0.1, 0.15) is 7.74 Å². The molecule has 0 saturated carbocycles. The first-order chi connectivity index (χ1) is 3.71. The van der Waals surface area contributed by atoms with Gasteiger partial charge in [-0.15, -0.1) is 0 Å². The van der Waals surface area contributed by atoms with Crippen LogP contribution in [0.4, 0.5) is 0 Å². The van der Waals surface area contributed by atoms with E-state index < -0.39 is 15.6 Å². The summed E-state index contributed by atoms with van der Waals surface area (Å²) in [5.41, 5.74) is 0. The maximum atomic E-state index is 9.70. The molecule has 9 heavy (non-hydrogen) atoms. The molecule has 2 unspecified atom stereocenters. The monoisotopic (exact) mass is 175 g/mol. The van der Waals surface area contributed by atoms with Crippen molar-refractivity contribution in [3.05, 3.63) is 0 Å². The minimum Gasteiger partial charge on any atom is -0.774 e. The Labute approximate surface area is 50.3 Å². The molecule has 7 nitrogen and oxygen atoms in total. The van der Waals surface area contributed by atoms with Crippen LogP contribution in [-0.2, 0) is 8.88 Å². The molecule has 0 fully saturated rings. The van der Waals surface area contributed by atoms with Crippen LogP contribution >= 0.6 is 15.6 Å². The van der Waals surface area contributed by atoms with E-state index in [2.05, 4.69) is 4.31 Å². The lowest BCUT2D eigenvalue weighted by Crippen LogP contribution is -2.07. The lowest BCUT2D eigenvalue weighted by molar-refractivity contribution is -0.231. The van der Waals surface area contributed by atoms with Crippen LogP contribution in [0.15, 0.2) is 0 Å². The second-order valence-electron chi connectivity index (χ2n) is 1.07. The molecule has 56 valence electrons. The maximum absolute atomic E-state index is 9.70. The zero-order chi connectivity index (χ0) is 7.71. The minimum atomic E-state index is -5.24. The molecule has 0 spiro atoms. The Morgan fingerprint density at radius 2 is 1.78 bits per heavy atom. The number of hydrogen-bond acceptors (Lipinski definition) is 5. The van der Waals surface area contributed by atoms with Crippen molar-refractivity contribution in [2.75, 3.05) is 0 Å². The molecule has 0 saturated heterocycles. The van der Waals surface area contributed by atoms with Gasteiger partial charge in [0.25, 0.3) is 7.82 Å². The molecule has 3 N–H and O–H groups in total. The van der Waals surface area contributed by atoms with Crippen LogP contribution in [0.25, 0.3) is 0 Å². The van der Waals surface area contributed by atoms with Gasteiger partial charge in [-0.3, -0.25) is 14.0 Å². The predicted octanol–water partition coefficient (Wildman–Crippen LogP) is -1.66. The number of nitrogens with one attached hydrogen (secondary N) is 1. The first-order valence-corrected chi connectivity index (χ1v) is 4.61. The van der Waals surface area contributed by atoms with Gasteiger partial charge in [0.15, 0.2) is 0 Å². The van der Waals surface area contributed by atoms with Gasteiger partial charge in [-0.25, -0.2) is 0 Å². The molecular formula is H3NO6P2-2. The summed E-state index contributed by atoms with van der Waals surface area (Å²) in [5.74, 6) is 0. The summed E-state index contributed by atoms with van der Waals surface area (Å²) in [7, 11) is -10.1. The average Bonchev–Trinajstić information content (AvgIpc) is 1.14. The fraction of sp³-hybridized carbons (Fsp3) is 0. The fourth-order valence-electron chi connectivity index (χ4n) is 0.140. The minimum absolute atomic E-state index is 2.96. The Bertz CT molecular complexity index is 151. The summed E-state index contributed by atoms with van der Waals surface area (Å²) in [5, 5.41) is 5.94. The highest BCUT2D eigenvalue weighted by atomic mass is 31.3. The molecular weight excluding hydrogens is 172 g/mol. The van der Waals surface area contributed by atoms with E-state index in [0.717, 1.165) is 0 Å². The number of hydrogen-bond donors (Lipinski definition) is 3. The second kappa shape index (κ2) is 2.48. The Balaban J connectivity index is 4.07. The first-order valence-electron chi connectivity index (χ1n) is 1.54. The second-order valence-corrected chi connectivity index (χ2v) is 3.70. The van der Waals surface area contributed by atoms with E-state index in [0.29, 0.717) is 0 Å². The van der Waals surface area contributed by atoms with E-state index >= 15 is 0 Å². The summed E-state index contributed by atoms with van der Waals surface area (Å²) in [6.07, 6.45) is 0. The van der Waals surface area contributed by atoms with E-state index in [1.54, 1.807) is 0 Å². The van der Waals surface area contributed by atoms with E-state index in [9.17, 15) is 14.4 Å². The van der Waals surface area contributed by atoms with Crippen LogP contribution in [0.1, 0.15) is 0 Å². The van der Waals surface area contributed by atoms with E-state index in [1.807, 2.05) is 0 Å². The van der Waals surface area contributed by atoms with Crippen LogP contribution in [0.2, 0.25) is 0 Å². The molecule has 0 radical (unpaired) electrons. The topological polar surface area (TPSA) is 137 Å². The van der Waals surface area contributed by atoms with Crippen molar-refractivity contribution in [3.63, 3.8) is 0 Å². The maximum Gasteiger partial charge on any atom is 0.270 e. The zero-order valence-corrected chi connectivity index (χ0v) is 5.71. The van der Waals surface area contributed by atoms with Crippen LogP contribution in [-0.4, -0.2) is 9.79 Å². The summed E-state index contributed by atoms with van der Waals surface area (Å²) < 4.78 is 12.5. The molecule has 0 aliphatic rings. The van der Waals surface area contributed by atoms with Crippen molar-refractivity contribution < 1.29 is 28.4 Å². The average molecular weight is 175 g/mol. The lowest BCUT2D eigenvalue weighted by Gasteiger charge is -2.25. The third-order valence-corrected chi connectivity index (χ3v) is 1.92. The molecule has 0 aliphatic heterocycles. The Morgan fingerprint density at radius 3 is 1.78 bits per heavy atom. The Kier molecular flexibility index (Phi) is 2.55. The Hall–Kier alpha value is 0.260. The largest absolute Gasteiger partial charge is 0.774 e. The van der Waals surface area contributed by atoms with Crippen molar-refractivity contribution in [3.8, 4) is 0 Å². The molecule has 0 bridgehead atoms.